The number of hydrogen-bond donors (Lipinski definition) is 2. The van der Waals surface area contributed by atoms with Crippen LogP contribution in [0.5, 0.6) is 5.75 Å². The van der Waals surface area contributed by atoms with Gasteiger partial charge < -0.3 is 15.2 Å². The lowest BCUT2D eigenvalue weighted by molar-refractivity contribution is 0.108. The maximum Gasteiger partial charge on any atom is 0.119 e. The first kappa shape index (κ1) is 16.3. The Hall–Kier alpha value is -1.10. The quantitative estimate of drug-likeness (QED) is 0.771. The maximum atomic E-state index is 10.5. The van der Waals surface area contributed by atoms with E-state index in [-0.39, 0.29) is 0 Å². The lowest BCUT2D eigenvalue weighted by atomic mass is 10.1. The third-order valence-electron chi connectivity index (χ3n) is 4.09. The average Bonchev–Trinajstić information content (AvgIpc) is 3.00. The molecule has 2 unspecified atom stereocenters. The molecule has 0 amide bonds. The van der Waals surface area contributed by atoms with Crippen LogP contribution in [0.4, 0.5) is 0 Å². The van der Waals surface area contributed by atoms with Gasteiger partial charge in [0.25, 0.3) is 0 Å². The predicted octanol–water partition coefficient (Wildman–Crippen LogP) is 2.19. The molecule has 118 valence electrons. The fourth-order valence-electron chi connectivity index (χ4n) is 3.00. The van der Waals surface area contributed by atoms with Crippen LogP contribution < -0.4 is 10.1 Å². The number of methoxy groups -OCH3 is 1. The van der Waals surface area contributed by atoms with E-state index >= 15 is 0 Å². The number of hydrogen-bond acceptors (Lipinski definition) is 4. The Labute approximate surface area is 128 Å². The summed E-state index contributed by atoms with van der Waals surface area (Å²) in [7, 11) is 1.65. The van der Waals surface area contributed by atoms with Gasteiger partial charge in [0.05, 0.1) is 13.2 Å². The maximum absolute atomic E-state index is 10.5. The van der Waals surface area contributed by atoms with Gasteiger partial charge in [0.1, 0.15) is 5.75 Å². The highest BCUT2D eigenvalue weighted by Crippen LogP contribution is 2.20. The van der Waals surface area contributed by atoms with Gasteiger partial charge in [-0.2, -0.15) is 0 Å². The normalized spacial score (nSPS) is 19.9. The Balaban J connectivity index is 1.94. The van der Waals surface area contributed by atoms with Gasteiger partial charge in [0.2, 0.25) is 0 Å². The highest BCUT2D eigenvalue weighted by molar-refractivity contribution is 5.29. The van der Waals surface area contributed by atoms with E-state index in [0.29, 0.717) is 12.6 Å². The molecule has 1 saturated heterocycles. The number of benzene rings is 1. The molecule has 1 aliphatic heterocycles. The summed E-state index contributed by atoms with van der Waals surface area (Å²) in [5.74, 6) is 0.797. The fraction of sp³-hybridized carbons (Fsp3) is 0.647. The van der Waals surface area contributed by atoms with E-state index in [4.69, 9.17) is 4.74 Å². The van der Waals surface area contributed by atoms with Crippen LogP contribution >= 0.6 is 0 Å². The minimum atomic E-state index is -0.465. The van der Waals surface area contributed by atoms with E-state index in [1.165, 1.54) is 12.8 Å². The molecule has 0 saturated carbocycles. The summed E-state index contributed by atoms with van der Waals surface area (Å²) in [5.41, 5.74) is 0.926. The highest BCUT2D eigenvalue weighted by Gasteiger charge is 2.20. The Morgan fingerprint density at radius 2 is 2.33 bits per heavy atom. The number of nitrogens with zero attached hydrogens (tertiary/aromatic N) is 1. The summed E-state index contributed by atoms with van der Waals surface area (Å²) in [6, 6.07) is 8.30. The molecule has 1 aliphatic rings. The molecule has 2 N–H and O–H groups in total. The summed E-state index contributed by atoms with van der Waals surface area (Å²) >= 11 is 0. The van der Waals surface area contributed by atoms with Gasteiger partial charge in [-0.05, 0) is 50.0 Å². The summed E-state index contributed by atoms with van der Waals surface area (Å²) in [6.45, 7) is 6.04. The van der Waals surface area contributed by atoms with Crippen LogP contribution in [0.2, 0.25) is 0 Å². The first-order valence-electron chi connectivity index (χ1n) is 8.00. The van der Waals surface area contributed by atoms with E-state index in [9.17, 15) is 5.11 Å². The molecule has 4 heteroatoms. The second-order valence-electron chi connectivity index (χ2n) is 5.85. The number of rotatable bonds is 8. The molecule has 21 heavy (non-hydrogen) atoms. The van der Waals surface area contributed by atoms with E-state index in [1.807, 2.05) is 24.3 Å². The van der Waals surface area contributed by atoms with Crippen molar-refractivity contribution in [1.82, 2.24) is 10.2 Å². The molecule has 0 aliphatic carbocycles. The standard InChI is InChI=1S/C17H28N2O2/c1-3-10-19(12-15-7-5-9-18-15)13-17(20)14-6-4-8-16(11-14)21-2/h4,6,8,11,15,17-18,20H,3,5,7,9-10,12-13H2,1-2H3. The lowest BCUT2D eigenvalue weighted by Crippen LogP contribution is -2.40. The molecular weight excluding hydrogens is 264 g/mol. The summed E-state index contributed by atoms with van der Waals surface area (Å²) < 4.78 is 5.23. The SMILES string of the molecule is CCCN(CC1CCCN1)CC(O)c1cccc(OC)c1. The minimum Gasteiger partial charge on any atom is -0.497 e. The summed E-state index contributed by atoms with van der Waals surface area (Å²) in [5, 5.41) is 14.0. The highest BCUT2D eigenvalue weighted by atomic mass is 16.5. The molecule has 0 bridgehead atoms. The van der Waals surface area contributed by atoms with E-state index < -0.39 is 6.10 Å². The lowest BCUT2D eigenvalue weighted by Gasteiger charge is -2.27. The summed E-state index contributed by atoms with van der Waals surface area (Å²) in [6.07, 6.45) is 3.16. The molecule has 4 nitrogen and oxygen atoms in total. The van der Waals surface area contributed by atoms with Crippen molar-refractivity contribution in [3.63, 3.8) is 0 Å². The van der Waals surface area contributed by atoms with Gasteiger partial charge in [-0.1, -0.05) is 19.1 Å². The second kappa shape index (κ2) is 8.37. The van der Waals surface area contributed by atoms with Crippen molar-refractivity contribution in [2.24, 2.45) is 0 Å². The number of ether oxygens (including phenoxy) is 1. The summed E-state index contributed by atoms with van der Waals surface area (Å²) in [4.78, 5) is 2.37. The molecule has 1 fully saturated rings. The number of nitrogens with one attached hydrogen (secondary N) is 1. The van der Waals surface area contributed by atoms with Gasteiger partial charge >= 0.3 is 0 Å². The predicted molar refractivity (Wildman–Crippen MR) is 85.7 cm³/mol. The molecule has 2 rings (SSSR count). The van der Waals surface area contributed by atoms with Crippen molar-refractivity contribution in [2.75, 3.05) is 33.3 Å². The molecule has 0 aromatic heterocycles. The van der Waals surface area contributed by atoms with Gasteiger partial charge in [-0.3, -0.25) is 4.90 Å². The van der Waals surface area contributed by atoms with Crippen molar-refractivity contribution in [2.45, 2.75) is 38.3 Å². The topological polar surface area (TPSA) is 44.7 Å². The van der Waals surface area contributed by atoms with E-state index in [0.717, 1.165) is 37.4 Å². The third-order valence-corrected chi connectivity index (χ3v) is 4.09. The second-order valence-corrected chi connectivity index (χ2v) is 5.85. The van der Waals surface area contributed by atoms with Crippen LogP contribution in [-0.4, -0.2) is 49.3 Å². The molecular formula is C17H28N2O2. The molecule has 1 aromatic rings. The van der Waals surface area contributed by atoms with Crippen LogP contribution in [0, 0.1) is 0 Å². The Morgan fingerprint density at radius 3 is 3.00 bits per heavy atom. The Kier molecular flexibility index (Phi) is 6.49. The van der Waals surface area contributed by atoms with Gasteiger partial charge in [0, 0.05) is 19.1 Å². The Bertz CT molecular complexity index is 419. The van der Waals surface area contributed by atoms with E-state index in [2.05, 4.69) is 17.1 Å². The van der Waals surface area contributed by atoms with Gasteiger partial charge in [0.15, 0.2) is 0 Å². The van der Waals surface area contributed by atoms with Crippen molar-refractivity contribution in [1.29, 1.82) is 0 Å². The van der Waals surface area contributed by atoms with Gasteiger partial charge in [-0.15, -0.1) is 0 Å². The first-order valence-corrected chi connectivity index (χ1v) is 8.00. The molecule has 2 atom stereocenters. The average molecular weight is 292 g/mol. The van der Waals surface area contributed by atoms with Crippen molar-refractivity contribution in [3.05, 3.63) is 29.8 Å². The van der Waals surface area contributed by atoms with Gasteiger partial charge in [-0.25, -0.2) is 0 Å². The smallest absolute Gasteiger partial charge is 0.119 e. The number of aliphatic hydroxyl groups excluding tert-OH is 1. The number of aliphatic hydroxyl groups is 1. The van der Waals surface area contributed by atoms with Crippen LogP contribution in [0.15, 0.2) is 24.3 Å². The fourth-order valence-corrected chi connectivity index (χ4v) is 3.00. The molecule has 1 aromatic carbocycles. The first-order chi connectivity index (χ1) is 10.2. The monoisotopic (exact) mass is 292 g/mol. The zero-order valence-corrected chi connectivity index (χ0v) is 13.2. The van der Waals surface area contributed by atoms with Crippen LogP contribution in [-0.2, 0) is 0 Å². The van der Waals surface area contributed by atoms with Crippen LogP contribution in [0.3, 0.4) is 0 Å². The minimum absolute atomic E-state index is 0.465. The molecule has 1 heterocycles. The molecule has 0 spiro atoms. The molecule has 0 radical (unpaired) electrons. The van der Waals surface area contributed by atoms with Crippen molar-refractivity contribution >= 4 is 0 Å². The van der Waals surface area contributed by atoms with Crippen LogP contribution in [0.25, 0.3) is 0 Å². The van der Waals surface area contributed by atoms with Crippen molar-refractivity contribution < 1.29 is 9.84 Å². The Morgan fingerprint density at radius 1 is 1.48 bits per heavy atom. The van der Waals surface area contributed by atoms with Crippen molar-refractivity contribution in [3.8, 4) is 5.75 Å². The largest absolute Gasteiger partial charge is 0.497 e. The zero-order valence-electron chi connectivity index (χ0n) is 13.2. The zero-order chi connectivity index (χ0) is 15.1. The van der Waals surface area contributed by atoms with E-state index in [1.54, 1.807) is 7.11 Å². The van der Waals surface area contributed by atoms with Crippen LogP contribution in [0.1, 0.15) is 37.9 Å². The third kappa shape index (κ3) is 4.99.